The highest BCUT2D eigenvalue weighted by atomic mass is 16.4. The topological polar surface area (TPSA) is 57.6 Å². The van der Waals surface area contributed by atoms with E-state index in [1.807, 2.05) is 4.90 Å². The normalized spacial score (nSPS) is 29.7. The minimum absolute atomic E-state index is 0.135. The molecule has 0 spiro atoms. The fourth-order valence-corrected chi connectivity index (χ4v) is 2.71. The number of hydrogen-bond acceptors (Lipinski definition) is 2. The summed E-state index contributed by atoms with van der Waals surface area (Å²) >= 11 is 0. The summed E-state index contributed by atoms with van der Waals surface area (Å²) in [5.41, 5.74) is 0. The zero-order valence-corrected chi connectivity index (χ0v) is 8.56. The highest BCUT2D eigenvalue weighted by Crippen LogP contribution is 2.35. The number of piperidine rings is 1. The average Bonchev–Trinajstić information content (AvgIpc) is 2.45. The maximum atomic E-state index is 11.7. The number of carbonyl (C=O) groups excluding carboxylic acids is 1. The van der Waals surface area contributed by atoms with Gasteiger partial charge in [-0.3, -0.25) is 4.79 Å². The van der Waals surface area contributed by atoms with Crippen LogP contribution in [0.4, 0.5) is 0 Å². The van der Waals surface area contributed by atoms with Gasteiger partial charge < -0.3 is 10.0 Å². The van der Waals surface area contributed by atoms with Crippen LogP contribution in [0.2, 0.25) is 0 Å². The molecule has 0 aromatic heterocycles. The number of aliphatic carboxylic acids is 1. The van der Waals surface area contributed by atoms with Crippen LogP contribution in [-0.2, 0) is 9.59 Å². The summed E-state index contributed by atoms with van der Waals surface area (Å²) in [7, 11) is 0. The summed E-state index contributed by atoms with van der Waals surface area (Å²) in [5, 5.41) is 8.45. The maximum Gasteiger partial charge on any atom is 0.328 e. The lowest BCUT2D eigenvalue weighted by Crippen LogP contribution is -2.43. The second kappa shape index (κ2) is 4.04. The van der Waals surface area contributed by atoms with Crippen molar-refractivity contribution in [1.29, 1.82) is 0 Å². The number of amides is 1. The van der Waals surface area contributed by atoms with Gasteiger partial charge in [-0.05, 0) is 32.1 Å². The summed E-state index contributed by atoms with van der Waals surface area (Å²) < 4.78 is 0. The zero-order chi connectivity index (χ0) is 10.8. The summed E-state index contributed by atoms with van der Waals surface area (Å²) in [4.78, 5) is 23.9. The Bertz CT molecular complexity index is 295. The third-order valence-electron chi connectivity index (χ3n) is 3.32. The molecule has 2 atom stereocenters. The van der Waals surface area contributed by atoms with E-state index < -0.39 is 5.97 Å². The van der Waals surface area contributed by atoms with Crippen molar-refractivity contribution in [2.75, 3.05) is 0 Å². The fourth-order valence-electron chi connectivity index (χ4n) is 2.71. The van der Waals surface area contributed by atoms with Crippen LogP contribution in [0, 0.1) is 0 Å². The van der Waals surface area contributed by atoms with Gasteiger partial charge in [-0.15, -0.1) is 0 Å². The Labute approximate surface area is 88.6 Å². The van der Waals surface area contributed by atoms with Crippen molar-refractivity contribution in [3.05, 3.63) is 12.2 Å². The Hall–Kier alpha value is -1.32. The van der Waals surface area contributed by atoms with E-state index in [0.29, 0.717) is 12.1 Å². The van der Waals surface area contributed by atoms with Crippen molar-refractivity contribution in [3.63, 3.8) is 0 Å². The molecule has 1 N–H and O–H groups in total. The Morgan fingerprint density at radius 2 is 1.67 bits per heavy atom. The van der Waals surface area contributed by atoms with Crippen molar-refractivity contribution in [2.45, 2.75) is 44.2 Å². The van der Waals surface area contributed by atoms with Crippen LogP contribution in [-0.4, -0.2) is 34.0 Å². The molecule has 2 aliphatic rings. The van der Waals surface area contributed by atoms with Crippen LogP contribution in [0.25, 0.3) is 0 Å². The number of carboxylic acid groups (broad SMARTS) is 1. The van der Waals surface area contributed by atoms with Crippen LogP contribution in [0.5, 0.6) is 0 Å². The molecule has 4 nitrogen and oxygen atoms in total. The van der Waals surface area contributed by atoms with Crippen molar-refractivity contribution >= 4 is 11.9 Å². The number of rotatable bonds is 2. The average molecular weight is 209 g/mol. The molecule has 2 saturated heterocycles. The molecule has 4 heteroatoms. The molecule has 0 aromatic carbocycles. The second-order valence-electron chi connectivity index (χ2n) is 4.23. The molecule has 15 heavy (non-hydrogen) atoms. The summed E-state index contributed by atoms with van der Waals surface area (Å²) in [6.07, 6.45) is 7.61. The van der Waals surface area contributed by atoms with Crippen LogP contribution in [0.1, 0.15) is 32.1 Å². The molecule has 2 unspecified atom stereocenters. The first-order valence-corrected chi connectivity index (χ1v) is 5.42. The van der Waals surface area contributed by atoms with Gasteiger partial charge in [0.2, 0.25) is 5.91 Å². The first-order chi connectivity index (χ1) is 7.18. The predicted molar refractivity (Wildman–Crippen MR) is 54.3 cm³/mol. The largest absolute Gasteiger partial charge is 0.478 e. The second-order valence-corrected chi connectivity index (χ2v) is 4.23. The highest BCUT2D eigenvalue weighted by Gasteiger charge is 2.38. The van der Waals surface area contributed by atoms with E-state index in [9.17, 15) is 9.59 Å². The number of carboxylic acids is 1. The van der Waals surface area contributed by atoms with E-state index in [1.165, 1.54) is 12.5 Å². The summed E-state index contributed by atoms with van der Waals surface area (Å²) in [5.74, 6) is -1.20. The van der Waals surface area contributed by atoms with Gasteiger partial charge in [-0.25, -0.2) is 4.79 Å². The van der Waals surface area contributed by atoms with E-state index in [2.05, 4.69) is 0 Å². The Morgan fingerprint density at radius 1 is 1.07 bits per heavy atom. The van der Waals surface area contributed by atoms with Gasteiger partial charge in [-0.1, -0.05) is 0 Å². The van der Waals surface area contributed by atoms with E-state index in [4.69, 9.17) is 5.11 Å². The molecule has 0 aromatic rings. The number of nitrogens with zero attached hydrogens (tertiary/aromatic N) is 1. The molecule has 0 saturated carbocycles. The third kappa shape index (κ3) is 2.03. The first-order valence-electron chi connectivity index (χ1n) is 5.42. The minimum Gasteiger partial charge on any atom is -0.478 e. The lowest BCUT2D eigenvalue weighted by atomic mass is 10.0. The van der Waals surface area contributed by atoms with Crippen molar-refractivity contribution in [2.24, 2.45) is 0 Å². The first kappa shape index (κ1) is 10.2. The van der Waals surface area contributed by atoms with Crippen LogP contribution >= 0.6 is 0 Å². The predicted octanol–water partition coefficient (Wildman–Crippen LogP) is 1.17. The molecule has 2 heterocycles. The molecule has 2 fully saturated rings. The van der Waals surface area contributed by atoms with Crippen LogP contribution in [0.3, 0.4) is 0 Å². The smallest absolute Gasteiger partial charge is 0.328 e. The molecular formula is C11H15NO3. The maximum absolute atomic E-state index is 11.7. The van der Waals surface area contributed by atoms with Gasteiger partial charge in [0, 0.05) is 24.2 Å². The van der Waals surface area contributed by atoms with E-state index in [0.717, 1.165) is 31.8 Å². The summed E-state index contributed by atoms with van der Waals surface area (Å²) in [6, 6.07) is 0.712. The van der Waals surface area contributed by atoms with Crippen molar-refractivity contribution < 1.29 is 14.7 Å². The van der Waals surface area contributed by atoms with Crippen LogP contribution < -0.4 is 0 Å². The quantitative estimate of drug-likeness (QED) is 0.694. The molecule has 82 valence electrons. The molecule has 2 aliphatic heterocycles. The molecular weight excluding hydrogens is 194 g/mol. The van der Waals surface area contributed by atoms with Gasteiger partial charge in [-0.2, -0.15) is 0 Å². The molecule has 1 amide bonds. The Balaban J connectivity index is 2.04. The van der Waals surface area contributed by atoms with Crippen LogP contribution in [0.15, 0.2) is 12.2 Å². The van der Waals surface area contributed by atoms with Gasteiger partial charge >= 0.3 is 5.97 Å². The standard InChI is InChI=1S/C11H15NO3/c13-10(6-7-11(14)15)12-8-2-1-3-9(12)5-4-8/h6-9H,1-5H2,(H,14,15)/b7-6+. The Morgan fingerprint density at radius 3 is 2.20 bits per heavy atom. The van der Waals surface area contributed by atoms with Gasteiger partial charge in [0.25, 0.3) is 0 Å². The van der Waals surface area contributed by atoms with Crippen molar-refractivity contribution in [3.8, 4) is 0 Å². The number of fused-ring (bicyclic) bond motifs is 2. The lowest BCUT2D eigenvalue weighted by molar-refractivity contribution is -0.133. The molecule has 2 rings (SSSR count). The molecule has 2 bridgehead atoms. The molecule has 0 radical (unpaired) electrons. The fraction of sp³-hybridized carbons (Fsp3) is 0.636. The van der Waals surface area contributed by atoms with Crippen molar-refractivity contribution in [1.82, 2.24) is 4.90 Å². The Kier molecular flexibility index (Phi) is 2.75. The van der Waals surface area contributed by atoms with E-state index >= 15 is 0 Å². The third-order valence-corrected chi connectivity index (χ3v) is 3.32. The number of carbonyl (C=O) groups is 2. The monoisotopic (exact) mass is 209 g/mol. The zero-order valence-electron chi connectivity index (χ0n) is 8.56. The van der Waals surface area contributed by atoms with Gasteiger partial charge in [0.15, 0.2) is 0 Å². The van der Waals surface area contributed by atoms with Gasteiger partial charge in [0.1, 0.15) is 0 Å². The molecule has 0 aliphatic carbocycles. The van der Waals surface area contributed by atoms with Gasteiger partial charge in [0.05, 0.1) is 0 Å². The lowest BCUT2D eigenvalue weighted by Gasteiger charge is -2.33. The minimum atomic E-state index is -1.06. The highest BCUT2D eigenvalue weighted by molar-refractivity contribution is 5.94. The number of hydrogen-bond donors (Lipinski definition) is 1. The summed E-state index contributed by atoms with van der Waals surface area (Å²) in [6.45, 7) is 0. The SMILES string of the molecule is O=C(O)/C=C/C(=O)N1C2CCCC1CC2. The van der Waals surface area contributed by atoms with E-state index in [-0.39, 0.29) is 5.91 Å². The van der Waals surface area contributed by atoms with E-state index in [1.54, 1.807) is 0 Å².